The zero-order valence-corrected chi connectivity index (χ0v) is 11.5. The third kappa shape index (κ3) is 2.77. The van der Waals surface area contributed by atoms with Gasteiger partial charge >= 0.3 is 0 Å². The molecular formula is C14H16N4S. The molecule has 4 nitrogen and oxygen atoms in total. The van der Waals surface area contributed by atoms with Gasteiger partial charge < -0.3 is 5.73 Å². The van der Waals surface area contributed by atoms with Gasteiger partial charge in [-0.25, -0.2) is 9.97 Å². The number of fused-ring (bicyclic) bond motifs is 1. The van der Waals surface area contributed by atoms with Crippen molar-refractivity contribution >= 4 is 11.8 Å². The molecule has 0 saturated heterocycles. The average Bonchev–Trinajstić information content (AvgIpc) is 2.47. The summed E-state index contributed by atoms with van der Waals surface area (Å²) in [5.74, 6) is 0. The molecule has 0 fully saturated rings. The molecule has 3 rings (SSSR count). The zero-order valence-electron chi connectivity index (χ0n) is 10.7. The van der Waals surface area contributed by atoms with Gasteiger partial charge in [-0.15, -0.1) is 0 Å². The van der Waals surface area contributed by atoms with Crippen LogP contribution in [0.4, 0.5) is 0 Å². The summed E-state index contributed by atoms with van der Waals surface area (Å²) in [6.45, 7) is 0.517. The number of hydrogen-bond donors (Lipinski definition) is 1. The topological polar surface area (TPSA) is 64.7 Å². The van der Waals surface area contributed by atoms with Gasteiger partial charge in [0.25, 0.3) is 0 Å². The van der Waals surface area contributed by atoms with Crippen molar-refractivity contribution in [3.63, 3.8) is 0 Å². The summed E-state index contributed by atoms with van der Waals surface area (Å²) < 4.78 is 0. The van der Waals surface area contributed by atoms with Crippen molar-refractivity contribution in [2.24, 2.45) is 5.73 Å². The molecule has 0 saturated carbocycles. The quantitative estimate of drug-likeness (QED) is 0.929. The molecule has 98 valence electrons. The Hall–Kier alpha value is -1.46. The Kier molecular flexibility index (Phi) is 3.75. The number of hydrogen-bond acceptors (Lipinski definition) is 5. The second-order valence-electron chi connectivity index (χ2n) is 4.62. The van der Waals surface area contributed by atoms with Crippen molar-refractivity contribution in [3.05, 3.63) is 41.5 Å². The van der Waals surface area contributed by atoms with Crippen LogP contribution in [0.2, 0.25) is 0 Å². The minimum absolute atomic E-state index is 0.517. The van der Waals surface area contributed by atoms with E-state index in [0.29, 0.717) is 6.54 Å². The molecule has 0 bridgehead atoms. The highest BCUT2D eigenvalue weighted by Gasteiger charge is 2.15. The average molecular weight is 272 g/mol. The van der Waals surface area contributed by atoms with Gasteiger partial charge in [0.2, 0.25) is 0 Å². The highest BCUT2D eigenvalue weighted by Crippen LogP contribution is 2.30. The molecule has 19 heavy (non-hydrogen) atoms. The minimum atomic E-state index is 0.517. The minimum Gasteiger partial charge on any atom is -0.326 e. The Morgan fingerprint density at radius 2 is 2.11 bits per heavy atom. The van der Waals surface area contributed by atoms with E-state index in [1.807, 2.05) is 0 Å². The van der Waals surface area contributed by atoms with Gasteiger partial charge in [-0.2, -0.15) is 0 Å². The Morgan fingerprint density at radius 1 is 1.21 bits per heavy atom. The molecular weight excluding hydrogens is 256 g/mol. The summed E-state index contributed by atoms with van der Waals surface area (Å²) in [7, 11) is 0. The fourth-order valence-electron chi connectivity index (χ4n) is 2.33. The first-order valence-electron chi connectivity index (χ1n) is 6.52. The highest BCUT2D eigenvalue weighted by atomic mass is 32.2. The van der Waals surface area contributed by atoms with E-state index >= 15 is 0 Å². The van der Waals surface area contributed by atoms with Gasteiger partial charge in [-0.3, -0.25) is 4.98 Å². The van der Waals surface area contributed by atoms with Crippen LogP contribution in [0, 0.1) is 0 Å². The number of pyridine rings is 1. The van der Waals surface area contributed by atoms with Crippen LogP contribution in [0.3, 0.4) is 0 Å². The maximum Gasteiger partial charge on any atom is 0.121 e. The van der Waals surface area contributed by atoms with Crippen molar-refractivity contribution in [2.75, 3.05) is 0 Å². The SMILES string of the molecule is NCc1cc2c(nc1Sc1cnccn1)CCCC2. The van der Waals surface area contributed by atoms with Crippen LogP contribution in [-0.2, 0) is 19.4 Å². The van der Waals surface area contributed by atoms with Crippen molar-refractivity contribution in [1.29, 1.82) is 0 Å². The standard InChI is InChI=1S/C14H16N4S/c15-8-11-7-10-3-1-2-4-12(10)18-14(11)19-13-9-16-5-6-17-13/h5-7,9H,1-4,8,15H2. The zero-order chi connectivity index (χ0) is 13.1. The third-order valence-electron chi connectivity index (χ3n) is 3.30. The summed E-state index contributed by atoms with van der Waals surface area (Å²) in [6.07, 6.45) is 9.83. The van der Waals surface area contributed by atoms with Gasteiger partial charge in [0.1, 0.15) is 10.1 Å². The third-order valence-corrected chi connectivity index (χ3v) is 4.27. The summed E-state index contributed by atoms with van der Waals surface area (Å²) >= 11 is 1.55. The first-order valence-corrected chi connectivity index (χ1v) is 7.34. The summed E-state index contributed by atoms with van der Waals surface area (Å²) in [4.78, 5) is 13.2. The van der Waals surface area contributed by atoms with Gasteiger partial charge in [0.05, 0.1) is 6.20 Å². The van der Waals surface area contributed by atoms with Crippen molar-refractivity contribution in [3.8, 4) is 0 Å². The monoisotopic (exact) mass is 272 g/mol. The fourth-order valence-corrected chi connectivity index (χ4v) is 3.19. The van der Waals surface area contributed by atoms with E-state index < -0.39 is 0 Å². The van der Waals surface area contributed by atoms with Gasteiger partial charge in [0.15, 0.2) is 0 Å². The van der Waals surface area contributed by atoms with Crippen molar-refractivity contribution in [2.45, 2.75) is 42.3 Å². The Morgan fingerprint density at radius 3 is 2.89 bits per heavy atom. The van der Waals surface area contributed by atoms with Crippen molar-refractivity contribution < 1.29 is 0 Å². The second kappa shape index (κ2) is 5.67. The Bertz CT molecular complexity index is 571. The molecule has 0 unspecified atom stereocenters. The van der Waals surface area contributed by atoms with Crippen LogP contribution in [0.5, 0.6) is 0 Å². The molecule has 0 spiro atoms. The maximum absolute atomic E-state index is 5.85. The van der Waals surface area contributed by atoms with Crippen LogP contribution in [-0.4, -0.2) is 15.0 Å². The Balaban J connectivity index is 1.95. The lowest BCUT2D eigenvalue weighted by Crippen LogP contribution is -2.10. The van der Waals surface area contributed by atoms with E-state index in [4.69, 9.17) is 10.7 Å². The molecule has 1 aliphatic rings. The van der Waals surface area contributed by atoms with Crippen LogP contribution in [0.25, 0.3) is 0 Å². The van der Waals surface area contributed by atoms with E-state index in [2.05, 4.69) is 16.0 Å². The van der Waals surface area contributed by atoms with E-state index in [1.165, 1.54) is 24.1 Å². The highest BCUT2D eigenvalue weighted by molar-refractivity contribution is 7.99. The normalized spacial score (nSPS) is 14.2. The predicted molar refractivity (Wildman–Crippen MR) is 74.9 cm³/mol. The van der Waals surface area contributed by atoms with E-state index in [0.717, 1.165) is 28.5 Å². The molecule has 0 aromatic carbocycles. The summed E-state index contributed by atoms with van der Waals surface area (Å²) in [6, 6.07) is 2.22. The largest absolute Gasteiger partial charge is 0.326 e. The molecule has 5 heteroatoms. The molecule has 0 aliphatic heterocycles. The molecule has 0 amide bonds. The lowest BCUT2D eigenvalue weighted by Gasteiger charge is -2.17. The number of aromatic nitrogens is 3. The first-order chi connectivity index (χ1) is 9.36. The lowest BCUT2D eigenvalue weighted by atomic mass is 9.95. The van der Waals surface area contributed by atoms with Crippen LogP contribution in [0.15, 0.2) is 34.7 Å². The number of nitrogens with two attached hydrogens (primary N) is 1. The second-order valence-corrected chi connectivity index (χ2v) is 5.62. The van der Waals surface area contributed by atoms with E-state index in [9.17, 15) is 0 Å². The molecule has 2 aromatic heterocycles. The van der Waals surface area contributed by atoms with Crippen molar-refractivity contribution in [1.82, 2.24) is 15.0 Å². The number of rotatable bonds is 3. The predicted octanol–water partition coefficient (Wildman–Crippen LogP) is 2.36. The number of nitrogens with zero attached hydrogens (tertiary/aromatic N) is 3. The molecule has 1 aliphatic carbocycles. The first kappa shape index (κ1) is 12.6. The van der Waals surface area contributed by atoms with Gasteiger partial charge in [-0.05, 0) is 48.6 Å². The summed E-state index contributed by atoms with van der Waals surface area (Å²) in [5.41, 5.74) is 9.56. The maximum atomic E-state index is 5.85. The molecule has 2 aromatic rings. The smallest absolute Gasteiger partial charge is 0.121 e. The van der Waals surface area contributed by atoms with Crippen LogP contribution in [0.1, 0.15) is 29.7 Å². The fraction of sp³-hybridized carbons (Fsp3) is 0.357. The molecule has 0 atom stereocenters. The van der Waals surface area contributed by atoms with Crippen LogP contribution >= 0.6 is 11.8 Å². The van der Waals surface area contributed by atoms with Gasteiger partial charge in [0, 0.05) is 24.6 Å². The molecule has 2 N–H and O–H groups in total. The van der Waals surface area contributed by atoms with Crippen LogP contribution < -0.4 is 5.73 Å². The van der Waals surface area contributed by atoms with E-state index in [-0.39, 0.29) is 0 Å². The number of aryl methyl sites for hydroxylation is 2. The summed E-state index contributed by atoms with van der Waals surface area (Å²) in [5, 5.41) is 1.84. The lowest BCUT2D eigenvalue weighted by molar-refractivity contribution is 0.656. The Labute approximate surface area is 116 Å². The molecule has 2 heterocycles. The van der Waals surface area contributed by atoms with E-state index in [1.54, 1.807) is 30.4 Å². The molecule has 0 radical (unpaired) electrons. The van der Waals surface area contributed by atoms with Gasteiger partial charge in [-0.1, -0.05) is 6.07 Å².